The van der Waals surface area contributed by atoms with Crippen LogP contribution in [0.3, 0.4) is 0 Å². The summed E-state index contributed by atoms with van der Waals surface area (Å²) in [6, 6.07) is 9.45. The molecule has 3 N–H and O–H groups in total. The maximum absolute atomic E-state index is 11.9. The van der Waals surface area contributed by atoms with Crippen LogP contribution in [0, 0.1) is 0 Å². The van der Waals surface area contributed by atoms with Crippen molar-refractivity contribution >= 4 is 6.03 Å². The molecule has 2 heterocycles. The van der Waals surface area contributed by atoms with Gasteiger partial charge in [-0.05, 0) is 13.3 Å². The van der Waals surface area contributed by atoms with Crippen LogP contribution < -0.4 is 10.6 Å². The molecule has 7 heteroatoms. The topological polar surface area (TPSA) is 91.9 Å². The van der Waals surface area contributed by atoms with Gasteiger partial charge in [0.05, 0.1) is 18.7 Å². The molecular weight excluding hydrogens is 282 g/mol. The van der Waals surface area contributed by atoms with Crippen LogP contribution >= 0.6 is 0 Å². The van der Waals surface area contributed by atoms with Gasteiger partial charge in [-0.15, -0.1) is 0 Å². The number of hydrogen-bond donors (Lipinski definition) is 3. The van der Waals surface area contributed by atoms with Crippen LogP contribution in [0.15, 0.2) is 30.3 Å². The minimum atomic E-state index is -0.291. The molecule has 7 nitrogen and oxygen atoms in total. The molecule has 1 fully saturated rings. The fourth-order valence-corrected chi connectivity index (χ4v) is 2.34. The zero-order valence-corrected chi connectivity index (χ0v) is 12.4. The summed E-state index contributed by atoms with van der Waals surface area (Å²) in [4.78, 5) is 16.3. The van der Waals surface area contributed by atoms with E-state index in [2.05, 4.69) is 25.8 Å². The molecule has 2 aromatic rings. The maximum atomic E-state index is 11.9. The van der Waals surface area contributed by atoms with Crippen LogP contribution in [-0.2, 0) is 11.3 Å². The number of rotatable bonds is 4. The average molecular weight is 301 g/mol. The van der Waals surface area contributed by atoms with Gasteiger partial charge in [-0.25, -0.2) is 9.78 Å². The van der Waals surface area contributed by atoms with Crippen LogP contribution in [-0.4, -0.2) is 40.0 Å². The molecule has 0 saturated carbocycles. The zero-order valence-electron chi connectivity index (χ0n) is 12.4. The molecule has 0 bridgehead atoms. The first-order chi connectivity index (χ1) is 10.6. The van der Waals surface area contributed by atoms with E-state index in [-0.39, 0.29) is 11.6 Å². The molecule has 2 amide bonds. The molecule has 1 aromatic carbocycles. The Morgan fingerprint density at radius 2 is 2.23 bits per heavy atom. The van der Waals surface area contributed by atoms with Gasteiger partial charge in [0.15, 0.2) is 5.82 Å². The summed E-state index contributed by atoms with van der Waals surface area (Å²) in [5.41, 5.74) is 0.644. The number of amides is 2. The van der Waals surface area contributed by atoms with Crippen molar-refractivity contribution in [3.63, 3.8) is 0 Å². The molecule has 116 valence electrons. The number of nitrogens with zero attached hydrogens (tertiary/aromatic N) is 2. The number of urea groups is 1. The number of aromatic nitrogens is 3. The highest BCUT2D eigenvalue weighted by Crippen LogP contribution is 2.17. The first-order valence-electron chi connectivity index (χ1n) is 7.25. The predicted octanol–water partition coefficient (Wildman–Crippen LogP) is 1.45. The molecule has 22 heavy (non-hydrogen) atoms. The van der Waals surface area contributed by atoms with Crippen molar-refractivity contribution in [2.45, 2.75) is 25.4 Å². The van der Waals surface area contributed by atoms with E-state index in [1.54, 1.807) is 0 Å². The van der Waals surface area contributed by atoms with Crippen molar-refractivity contribution in [3.8, 4) is 11.4 Å². The molecule has 1 unspecified atom stereocenters. The lowest BCUT2D eigenvalue weighted by Crippen LogP contribution is -2.50. The Labute approximate surface area is 128 Å². The molecular formula is C15H19N5O2. The summed E-state index contributed by atoms with van der Waals surface area (Å²) in [7, 11) is 0. The number of carbonyl (C=O) groups excluding carboxylic acids is 1. The second-order valence-electron chi connectivity index (χ2n) is 5.64. The second kappa shape index (κ2) is 6.15. The third-order valence-electron chi connectivity index (χ3n) is 3.61. The fourth-order valence-electron chi connectivity index (χ4n) is 2.34. The first kappa shape index (κ1) is 14.5. The normalized spacial score (nSPS) is 20.8. The summed E-state index contributed by atoms with van der Waals surface area (Å²) in [6.45, 7) is 3.49. The highest BCUT2D eigenvalue weighted by atomic mass is 16.5. The van der Waals surface area contributed by atoms with Crippen LogP contribution in [0.2, 0.25) is 0 Å². The van der Waals surface area contributed by atoms with Gasteiger partial charge in [0, 0.05) is 12.2 Å². The largest absolute Gasteiger partial charge is 0.379 e. The fraction of sp³-hybridized carbons (Fsp3) is 0.400. The van der Waals surface area contributed by atoms with Crippen molar-refractivity contribution in [1.82, 2.24) is 25.8 Å². The number of H-pyrrole nitrogens is 1. The van der Waals surface area contributed by atoms with Crippen LogP contribution in [0.5, 0.6) is 0 Å². The Hall–Kier alpha value is -2.41. The maximum Gasteiger partial charge on any atom is 0.315 e. The van der Waals surface area contributed by atoms with Crippen LogP contribution in [0.1, 0.15) is 19.2 Å². The third kappa shape index (κ3) is 3.43. The van der Waals surface area contributed by atoms with E-state index in [1.165, 1.54) is 0 Å². The van der Waals surface area contributed by atoms with E-state index in [9.17, 15) is 4.79 Å². The van der Waals surface area contributed by atoms with Gasteiger partial charge in [0.1, 0.15) is 5.82 Å². The molecule has 1 aliphatic heterocycles. The van der Waals surface area contributed by atoms with E-state index in [1.807, 2.05) is 37.3 Å². The highest BCUT2D eigenvalue weighted by Gasteiger charge is 2.31. The first-order valence-corrected chi connectivity index (χ1v) is 7.25. The SMILES string of the molecule is CC1(NC(=O)NCc2nc(-c3ccccc3)n[nH]2)CCOC1. The Balaban J connectivity index is 1.54. The lowest BCUT2D eigenvalue weighted by molar-refractivity contribution is 0.170. The summed E-state index contributed by atoms with van der Waals surface area (Å²) < 4.78 is 5.31. The molecule has 1 atom stereocenters. The number of ether oxygens (including phenoxy) is 1. The van der Waals surface area contributed by atoms with Gasteiger partial charge in [-0.2, -0.15) is 5.10 Å². The molecule has 0 radical (unpaired) electrons. The number of carbonyl (C=O) groups is 1. The van der Waals surface area contributed by atoms with Gasteiger partial charge in [-0.1, -0.05) is 30.3 Å². The molecule has 3 rings (SSSR count). The van der Waals surface area contributed by atoms with Crippen molar-refractivity contribution in [3.05, 3.63) is 36.2 Å². The van der Waals surface area contributed by atoms with Crippen LogP contribution in [0.4, 0.5) is 4.79 Å². The van der Waals surface area contributed by atoms with Gasteiger partial charge < -0.3 is 15.4 Å². The number of hydrogen-bond acceptors (Lipinski definition) is 4. The van der Waals surface area contributed by atoms with Gasteiger partial charge in [0.2, 0.25) is 0 Å². The average Bonchev–Trinajstić information content (AvgIpc) is 3.15. The summed E-state index contributed by atoms with van der Waals surface area (Å²) in [5.74, 6) is 1.23. The molecule has 0 aliphatic carbocycles. The Morgan fingerprint density at radius 3 is 2.95 bits per heavy atom. The minimum absolute atomic E-state index is 0.231. The highest BCUT2D eigenvalue weighted by molar-refractivity contribution is 5.74. The Kier molecular flexibility index (Phi) is 4.06. The standard InChI is InChI=1S/C15H19N5O2/c1-15(7-8-22-10-15)18-14(21)16-9-12-17-13(20-19-12)11-5-3-2-4-6-11/h2-6H,7-10H2,1H3,(H2,16,18,21)(H,17,19,20). The zero-order chi connectivity index (χ0) is 15.4. The smallest absolute Gasteiger partial charge is 0.315 e. The van der Waals surface area contributed by atoms with Crippen molar-refractivity contribution in [2.75, 3.05) is 13.2 Å². The number of benzene rings is 1. The van der Waals surface area contributed by atoms with Gasteiger partial charge in [0.25, 0.3) is 0 Å². The lowest BCUT2D eigenvalue weighted by Gasteiger charge is -2.23. The second-order valence-corrected chi connectivity index (χ2v) is 5.64. The Morgan fingerprint density at radius 1 is 1.41 bits per heavy atom. The van der Waals surface area contributed by atoms with E-state index in [4.69, 9.17) is 4.74 Å². The van der Waals surface area contributed by atoms with E-state index in [0.717, 1.165) is 12.0 Å². The third-order valence-corrected chi connectivity index (χ3v) is 3.61. The van der Waals surface area contributed by atoms with Crippen molar-refractivity contribution in [1.29, 1.82) is 0 Å². The van der Waals surface area contributed by atoms with Crippen molar-refractivity contribution in [2.24, 2.45) is 0 Å². The molecule has 1 saturated heterocycles. The summed E-state index contributed by atoms with van der Waals surface area (Å²) in [5, 5.41) is 12.7. The number of aromatic amines is 1. The van der Waals surface area contributed by atoms with Gasteiger partial charge in [-0.3, -0.25) is 5.10 Å². The minimum Gasteiger partial charge on any atom is -0.379 e. The van der Waals surface area contributed by atoms with Crippen LogP contribution in [0.25, 0.3) is 11.4 Å². The molecule has 0 spiro atoms. The predicted molar refractivity (Wildman–Crippen MR) is 81.0 cm³/mol. The monoisotopic (exact) mass is 301 g/mol. The van der Waals surface area contributed by atoms with Gasteiger partial charge >= 0.3 is 6.03 Å². The molecule has 1 aliphatic rings. The quantitative estimate of drug-likeness (QED) is 0.797. The van der Waals surface area contributed by atoms with E-state index < -0.39 is 0 Å². The van der Waals surface area contributed by atoms with E-state index >= 15 is 0 Å². The summed E-state index contributed by atoms with van der Waals surface area (Å²) in [6.07, 6.45) is 0.820. The Bertz CT molecular complexity index is 634. The summed E-state index contributed by atoms with van der Waals surface area (Å²) >= 11 is 0. The van der Waals surface area contributed by atoms with E-state index in [0.29, 0.717) is 31.4 Å². The van der Waals surface area contributed by atoms with Crippen molar-refractivity contribution < 1.29 is 9.53 Å². The lowest BCUT2D eigenvalue weighted by atomic mass is 10.0. The molecule has 1 aromatic heterocycles. The number of nitrogens with one attached hydrogen (secondary N) is 3.